The summed E-state index contributed by atoms with van der Waals surface area (Å²) < 4.78 is 3.02. The molecule has 0 amide bonds. The predicted octanol–water partition coefficient (Wildman–Crippen LogP) is 2.04. The zero-order chi connectivity index (χ0) is 8.72. The van der Waals surface area contributed by atoms with Gasteiger partial charge in [0, 0.05) is 0 Å². The van der Waals surface area contributed by atoms with Crippen LogP contribution >= 0.6 is 22.6 Å². The lowest BCUT2D eigenvalue weighted by Gasteiger charge is -2.33. The molecule has 0 aliphatic heterocycles. The number of hydrogen-bond acceptors (Lipinski definition) is 2. The van der Waals surface area contributed by atoms with Crippen LogP contribution in [0.15, 0.2) is 6.20 Å². The van der Waals surface area contributed by atoms with E-state index in [-0.39, 0.29) is 0 Å². The lowest BCUT2D eigenvalue weighted by atomic mass is 9.82. The van der Waals surface area contributed by atoms with Crippen molar-refractivity contribution < 1.29 is 0 Å². The highest BCUT2D eigenvalue weighted by atomic mass is 127. The fourth-order valence-corrected chi connectivity index (χ4v) is 2.07. The van der Waals surface area contributed by atoms with Gasteiger partial charge in [-0.15, -0.1) is 0 Å². The van der Waals surface area contributed by atoms with E-state index in [1.807, 2.05) is 10.9 Å². The fourth-order valence-electron chi connectivity index (χ4n) is 1.70. The van der Waals surface area contributed by atoms with Crippen molar-refractivity contribution in [2.24, 2.45) is 5.92 Å². The molecule has 3 nitrogen and oxygen atoms in total. The van der Waals surface area contributed by atoms with Crippen molar-refractivity contribution >= 4 is 28.4 Å². The second-order valence-corrected chi connectivity index (χ2v) is 4.71. The third-order valence-electron chi connectivity index (χ3n) is 2.48. The fraction of sp³-hybridized carbons (Fsp3) is 0.625. The molecular formula is C8H12IN3. The van der Waals surface area contributed by atoms with Crippen LogP contribution in [0.2, 0.25) is 0 Å². The van der Waals surface area contributed by atoms with Gasteiger partial charge in [0.25, 0.3) is 0 Å². The minimum atomic E-state index is 0.559. The minimum Gasteiger partial charge on any atom is -0.383 e. The first kappa shape index (κ1) is 8.34. The summed E-state index contributed by atoms with van der Waals surface area (Å²) in [4.78, 5) is 0. The SMILES string of the molecule is CC1CC(n2ncc(I)c2N)C1. The molecule has 0 unspecified atom stereocenters. The molecule has 1 aliphatic rings. The molecule has 1 saturated carbocycles. The van der Waals surface area contributed by atoms with E-state index in [1.54, 1.807) is 0 Å². The van der Waals surface area contributed by atoms with E-state index < -0.39 is 0 Å². The summed E-state index contributed by atoms with van der Waals surface area (Å²) in [6.45, 7) is 2.27. The molecule has 1 aliphatic carbocycles. The van der Waals surface area contributed by atoms with Gasteiger partial charge in [-0.3, -0.25) is 0 Å². The third-order valence-corrected chi connectivity index (χ3v) is 3.31. The highest BCUT2D eigenvalue weighted by Crippen LogP contribution is 2.38. The maximum Gasteiger partial charge on any atom is 0.135 e. The van der Waals surface area contributed by atoms with E-state index in [9.17, 15) is 0 Å². The van der Waals surface area contributed by atoms with Crippen molar-refractivity contribution in [2.45, 2.75) is 25.8 Å². The van der Waals surface area contributed by atoms with E-state index in [2.05, 4.69) is 34.6 Å². The Morgan fingerprint density at radius 2 is 2.33 bits per heavy atom. The molecular weight excluding hydrogens is 265 g/mol. The average Bonchev–Trinajstić information content (AvgIpc) is 2.28. The molecule has 0 radical (unpaired) electrons. The van der Waals surface area contributed by atoms with E-state index in [0.29, 0.717) is 6.04 Å². The van der Waals surface area contributed by atoms with E-state index in [1.165, 1.54) is 12.8 Å². The summed E-state index contributed by atoms with van der Waals surface area (Å²) in [6.07, 6.45) is 4.28. The molecule has 0 aromatic carbocycles. The Labute approximate surface area is 85.5 Å². The summed E-state index contributed by atoms with van der Waals surface area (Å²) in [5.41, 5.74) is 5.85. The average molecular weight is 277 g/mol. The minimum absolute atomic E-state index is 0.559. The smallest absolute Gasteiger partial charge is 0.135 e. The second-order valence-electron chi connectivity index (χ2n) is 3.55. The van der Waals surface area contributed by atoms with Crippen LogP contribution in [0.5, 0.6) is 0 Å². The molecule has 12 heavy (non-hydrogen) atoms. The van der Waals surface area contributed by atoms with Gasteiger partial charge in [-0.2, -0.15) is 5.10 Å². The summed E-state index contributed by atoms with van der Waals surface area (Å²) >= 11 is 2.22. The first-order valence-electron chi connectivity index (χ1n) is 4.17. The van der Waals surface area contributed by atoms with Crippen molar-refractivity contribution in [3.63, 3.8) is 0 Å². The van der Waals surface area contributed by atoms with Gasteiger partial charge in [-0.1, -0.05) is 6.92 Å². The quantitative estimate of drug-likeness (QED) is 0.798. The molecule has 0 atom stereocenters. The number of nitrogens with two attached hydrogens (primary N) is 1. The van der Waals surface area contributed by atoms with E-state index >= 15 is 0 Å². The Hall–Kier alpha value is -0.260. The molecule has 2 rings (SSSR count). The van der Waals surface area contributed by atoms with Gasteiger partial charge >= 0.3 is 0 Å². The standard InChI is InChI=1S/C8H12IN3/c1-5-2-6(3-5)12-8(10)7(9)4-11-12/h4-6H,2-3,10H2,1H3. The monoisotopic (exact) mass is 277 g/mol. The number of nitrogen functional groups attached to an aromatic ring is 1. The van der Waals surface area contributed by atoms with Crippen LogP contribution in [0.4, 0.5) is 5.82 Å². The largest absolute Gasteiger partial charge is 0.383 e. The van der Waals surface area contributed by atoms with Crippen LogP contribution in [-0.2, 0) is 0 Å². The highest BCUT2D eigenvalue weighted by molar-refractivity contribution is 14.1. The van der Waals surface area contributed by atoms with Crippen molar-refractivity contribution in [3.8, 4) is 0 Å². The van der Waals surface area contributed by atoms with Crippen molar-refractivity contribution in [3.05, 3.63) is 9.77 Å². The third kappa shape index (κ3) is 1.22. The van der Waals surface area contributed by atoms with Crippen LogP contribution in [0.25, 0.3) is 0 Å². The Morgan fingerprint density at radius 3 is 2.75 bits per heavy atom. The van der Waals surface area contributed by atoms with Gasteiger partial charge in [0.05, 0.1) is 15.8 Å². The van der Waals surface area contributed by atoms with Crippen molar-refractivity contribution in [2.75, 3.05) is 5.73 Å². The predicted molar refractivity (Wildman–Crippen MR) is 56.8 cm³/mol. The molecule has 1 aromatic heterocycles. The zero-order valence-corrected chi connectivity index (χ0v) is 9.15. The van der Waals surface area contributed by atoms with E-state index in [0.717, 1.165) is 15.3 Å². The molecule has 2 N–H and O–H groups in total. The highest BCUT2D eigenvalue weighted by Gasteiger charge is 2.28. The molecule has 1 fully saturated rings. The number of rotatable bonds is 1. The lowest BCUT2D eigenvalue weighted by Crippen LogP contribution is -2.26. The molecule has 4 heteroatoms. The van der Waals surface area contributed by atoms with Gasteiger partial charge in [0.2, 0.25) is 0 Å². The first-order chi connectivity index (χ1) is 5.68. The molecule has 66 valence electrons. The van der Waals surface area contributed by atoms with Gasteiger partial charge in [0.15, 0.2) is 0 Å². The first-order valence-corrected chi connectivity index (χ1v) is 5.25. The van der Waals surface area contributed by atoms with Crippen LogP contribution in [0, 0.1) is 9.49 Å². The Balaban J connectivity index is 2.18. The Morgan fingerprint density at radius 1 is 1.67 bits per heavy atom. The molecule has 0 spiro atoms. The van der Waals surface area contributed by atoms with Gasteiger partial charge < -0.3 is 5.73 Å². The number of halogens is 1. The van der Waals surface area contributed by atoms with Crippen LogP contribution in [0.1, 0.15) is 25.8 Å². The summed E-state index contributed by atoms with van der Waals surface area (Å²) in [6, 6.07) is 0.559. The van der Waals surface area contributed by atoms with Gasteiger partial charge in [-0.25, -0.2) is 4.68 Å². The molecule has 0 bridgehead atoms. The summed E-state index contributed by atoms with van der Waals surface area (Å²) in [5, 5.41) is 4.26. The van der Waals surface area contributed by atoms with Crippen molar-refractivity contribution in [1.82, 2.24) is 9.78 Å². The Bertz CT molecular complexity index is 288. The maximum absolute atomic E-state index is 5.85. The number of hydrogen-bond donors (Lipinski definition) is 1. The van der Waals surface area contributed by atoms with Gasteiger partial charge in [-0.05, 0) is 41.4 Å². The molecule has 1 aromatic rings. The normalized spacial score (nSPS) is 28.5. The van der Waals surface area contributed by atoms with Gasteiger partial charge in [0.1, 0.15) is 5.82 Å². The summed E-state index contributed by atoms with van der Waals surface area (Å²) in [5.74, 6) is 1.67. The maximum atomic E-state index is 5.85. The summed E-state index contributed by atoms with van der Waals surface area (Å²) in [7, 11) is 0. The molecule has 1 heterocycles. The Kier molecular flexibility index (Phi) is 2.02. The second kappa shape index (κ2) is 2.90. The topological polar surface area (TPSA) is 43.8 Å². The van der Waals surface area contributed by atoms with E-state index in [4.69, 9.17) is 5.73 Å². The number of nitrogens with zero attached hydrogens (tertiary/aromatic N) is 2. The zero-order valence-electron chi connectivity index (χ0n) is 7.00. The van der Waals surface area contributed by atoms with Crippen molar-refractivity contribution in [1.29, 1.82) is 0 Å². The number of anilines is 1. The molecule has 0 saturated heterocycles. The van der Waals surface area contributed by atoms with Crippen LogP contribution in [-0.4, -0.2) is 9.78 Å². The lowest BCUT2D eigenvalue weighted by molar-refractivity contribution is 0.203. The van der Waals surface area contributed by atoms with Crippen LogP contribution < -0.4 is 5.73 Å². The number of aromatic nitrogens is 2. The van der Waals surface area contributed by atoms with Crippen LogP contribution in [0.3, 0.4) is 0 Å².